The van der Waals surface area contributed by atoms with Crippen LogP contribution in [-0.2, 0) is 9.05 Å². The van der Waals surface area contributed by atoms with Crippen LogP contribution < -0.4 is 4.74 Å². The first kappa shape index (κ1) is 17.3. The Kier molecular flexibility index (Phi) is 4.57. The normalized spacial score (nSPS) is 12.5. The molecule has 1 aromatic heterocycles. The second-order valence-corrected chi connectivity index (χ2v) is 5.73. The van der Waals surface area contributed by atoms with Gasteiger partial charge < -0.3 is 14.9 Å². The summed E-state index contributed by atoms with van der Waals surface area (Å²) in [6, 6.07) is -0.154. The summed E-state index contributed by atoms with van der Waals surface area (Å²) in [5.41, 5.74) is -1.56. The number of hydrogen-bond donors (Lipinski definition) is 0. The quantitative estimate of drug-likeness (QED) is 0.356. The van der Waals surface area contributed by atoms with Gasteiger partial charge in [0.1, 0.15) is 0 Å². The van der Waals surface area contributed by atoms with Crippen LogP contribution in [0.1, 0.15) is 12.0 Å². The molecule has 0 amide bonds. The summed E-state index contributed by atoms with van der Waals surface area (Å²) in [4.78, 5) is 11.6. The first-order chi connectivity index (χ1) is 9.33. The lowest BCUT2D eigenvalue weighted by Gasteiger charge is -2.10. The van der Waals surface area contributed by atoms with Gasteiger partial charge in [0.25, 0.3) is 11.5 Å². The number of aromatic nitrogens is 1. The number of halogens is 6. The van der Waals surface area contributed by atoms with E-state index in [1.807, 2.05) is 0 Å². The first-order valence-electron chi connectivity index (χ1n) is 4.51. The van der Waals surface area contributed by atoms with Crippen molar-refractivity contribution in [2.45, 2.75) is 17.8 Å². The van der Waals surface area contributed by atoms with Crippen LogP contribution in [0.2, 0.25) is 0 Å². The third-order valence-corrected chi connectivity index (χ3v) is 3.05. The molecule has 0 radical (unpaired) electrons. The molecule has 0 spiro atoms. The summed E-state index contributed by atoms with van der Waals surface area (Å²) in [5.74, 6) is -3.41. The van der Waals surface area contributed by atoms with Crippen molar-refractivity contribution in [1.29, 1.82) is 0 Å². The maximum absolute atomic E-state index is 12.6. The number of rotatable bonds is 4. The van der Waals surface area contributed by atoms with Crippen molar-refractivity contribution >= 4 is 25.6 Å². The molecule has 1 heterocycles. The number of nitrogens with zero attached hydrogens (tertiary/aromatic N) is 2. The molecule has 0 aliphatic rings. The highest BCUT2D eigenvalue weighted by atomic mass is 35.7. The number of hydrogen-bond acceptors (Lipinski definition) is 6. The molecule has 14 heteroatoms. The number of pyridine rings is 1. The van der Waals surface area contributed by atoms with Gasteiger partial charge >= 0.3 is 21.2 Å². The van der Waals surface area contributed by atoms with E-state index in [1.165, 1.54) is 0 Å². The van der Waals surface area contributed by atoms with Crippen LogP contribution in [0.3, 0.4) is 0 Å². The van der Waals surface area contributed by atoms with E-state index in [0.29, 0.717) is 0 Å². The molecule has 7 nitrogen and oxygen atoms in total. The molecule has 0 bridgehead atoms. The number of alkyl halides is 5. The first-order valence-corrected chi connectivity index (χ1v) is 6.81. The van der Waals surface area contributed by atoms with E-state index < -0.39 is 48.9 Å². The molecule has 0 atom stereocenters. The van der Waals surface area contributed by atoms with Crippen molar-refractivity contribution in [1.82, 2.24) is 4.98 Å². The van der Waals surface area contributed by atoms with Crippen LogP contribution >= 0.6 is 10.7 Å². The highest BCUT2D eigenvalue weighted by Crippen LogP contribution is 2.37. The molecule has 0 saturated heterocycles. The Morgan fingerprint density at radius 2 is 1.90 bits per heavy atom. The summed E-state index contributed by atoms with van der Waals surface area (Å²) in [5, 5.41) is 8.91. The van der Waals surface area contributed by atoms with E-state index in [-0.39, 0.29) is 6.07 Å². The highest BCUT2D eigenvalue weighted by molar-refractivity contribution is 8.13. The van der Waals surface area contributed by atoms with E-state index in [1.54, 1.807) is 0 Å². The standard InChI is InChI=1S/C7H2ClF5N2O5S/c8-21(18,19)6-2(4(9)10)1-3(20-7(11,12)13)5(14-6)15(16)17/h1,4H. The zero-order valence-corrected chi connectivity index (χ0v) is 10.8. The second kappa shape index (κ2) is 5.55. The van der Waals surface area contributed by atoms with Crippen LogP contribution in [0, 0.1) is 10.1 Å². The van der Waals surface area contributed by atoms with Crippen molar-refractivity contribution in [3.05, 3.63) is 21.7 Å². The van der Waals surface area contributed by atoms with Crippen molar-refractivity contribution in [2.75, 3.05) is 0 Å². The lowest BCUT2D eigenvalue weighted by Crippen LogP contribution is -2.19. The summed E-state index contributed by atoms with van der Waals surface area (Å²) in [6.07, 6.45) is -9.05. The fourth-order valence-corrected chi connectivity index (χ4v) is 2.16. The number of ether oxygens (including phenoxy) is 1. The molecule has 0 unspecified atom stereocenters. The molecule has 0 aliphatic carbocycles. The van der Waals surface area contributed by atoms with Crippen LogP contribution in [0.4, 0.5) is 27.8 Å². The Morgan fingerprint density at radius 1 is 1.38 bits per heavy atom. The predicted molar refractivity (Wildman–Crippen MR) is 55.6 cm³/mol. The Morgan fingerprint density at radius 3 is 2.24 bits per heavy atom. The summed E-state index contributed by atoms with van der Waals surface area (Å²) >= 11 is 0. The van der Waals surface area contributed by atoms with Gasteiger partial charge in [-0.15, -0.1) is 13.2 Å². The average molecular weight is 357 g/mol. The minimum absolute atomic E-state index is 0.154. The van der Waals surface area contributed by atoms with E-state index in [2.05, 4.69) is 9.72 Å². The highest BCUT2D eigenvalue weighted by Gasteiger charge is 2.39. The minimum Gasteiger partial charge on any atom is -0.397 e. The molecule has 1 aromatic rings. The molecular weight excluding hydrogens is 355 g/mol. The lowest BCUT2D eigenvalue weighted by molar-refractivity contribution is -0.393. The van der Waals surface area contributed by atoms with Crippen molar-refractivity contribution in [3.63, 3.8) is 0 Å². The Hall–Kier alpha value is -1.76. The van der Waals surface area contributed by atoms with Crippen molar-refractivity contribution < 1.29 is 40.0 Å². The van der Waals surface area contributed by atoms with Crippen LogP contribution in [-0.4, -0.2) is 24.7 Å². The van der Waals surface area contributed by atoms with Crippen LogP contribution in [0.25, 0.3) is 0 Å². The van der Waals surface area contributed by atoms with Gasteiger partial charge in [-0.05, 0) is 9.91 Å². The largest absolute Gasteiger partial charge is 0.573 e. The van der Waals surface area contributed by atoms with E-state index in [9.17, 15) is 40.5 Å². The molecular formula is C7H2ClF5N2O5S. The second-order valence-electron chi connectivity index (χ2n) is 3.25. The van der Waals surface area contributed by atoms with Crippen molar-refractivity contribution in [3.8, 4) is 5.75 Å². The molecule has 0 aromatic carbocycles. The van der Waals surface area contributed by atoms with E-state index in [0.717, 1.165) is 0 Å². The Balaban J connectivity index is 3.67. The van der Waals surface area contributed by atoms with E-state index >= 15 is 0 Å². The van der Waals surface area contributed by atoms with Gasteiger partial charge in [-0.25, -0.2) is 17.2 Å². The fourth-order valence-electron chi connectivity index (χ4n) is 1.17. The van der Waals surface area contributed by atoms with Gasteiger partial charge in [0.2, 0.25) is 5.75 Å². The number of nitro groups is 1. The smallest absolute Gasteiger partial charge is 0.397 e. The third-order valence-electron chi connectivity index (χ3n) is 1.83. The molecule has 1 rings (SSSR count). The topological polar surface area (TPSA) is 99.4 Å². The Labute approximate surface area is 116 Å². The van der Waals surface area contributed by atoms with Gasteiger partial charge in [0.15, 0.2) is 0 Å². The fraction of sp³-hybridized carbons (Fsp3) is 0.286. The van der Waals surface area contributed by atoms with Gasteiger partial charge in [0.05, 0.1) is 5.56 Å². The SMILES string of the molecule is O=[N+]([O-])c1nc(S(=O)(=O)Cl)c(C(F)F)cc1OC(F)(F)F. The van der Waals surface area contributed by atoms with Gasteiger partial charge in [-0.3, -0.25) is 0 Å². The zero-order chi connectivity index (χ0) is 16.6. The molecule has 0 aliphatic heterocycles. The molecule has 0 fully saturated rings. The minimum atomic E-state index is -5.44. The zero-order valence-electron chi connectivity index (χ0n) is 9.27. The van der Waals surface area contributed by atoms with Crippen LogP contribution in [0.5, 0.6) is 5.75 Å². The van der Waals surface area contributed by atoms with Crippen molar-refractivity contribution in [2.24, 2.45) is 0 Å². The predicted octanol–water partition coefficient (Wildman–Crippen LogP) is 2.75. The molecule has 0 N–H and O–H groups in total. The molecule has 0 saturated carbocycles. The van der Waals surface area contributed by atoms with Gasteiger partial charge in [-0.2, -0.15) is 0 Å². The van der Waals surface area contributed by atoms with Gasteiger partial charge in [-0.1, -0.05) is 0 Å². The maximum Gasteiger partial charge on any atom is 0.573 e. The van der Waals surface area contributed by atoms with Crippen LogP contribution in [0.15, 0.2) is 11.1 Å². The average Bonchev–Trinajstić information content (AvgIpc) is 2.23. The van der Waals surface area contributed by atoms with E-state index in [4.69, 9.17) is 10.7 Å². The summed E-state index contributed by atoms with van der Waals surface area (Å²) in [6.45, 7) is 0. The van der Waals surface area contributed by atoms with Gasteiger partial charge in [0, 0.05) is 16.7 Å². The summed E-state index contributed by atoms with van der Waals surface area (Å²) in [7, 11) is -0.194. The molecule has 118 valence electrons. The molecule has 21 heavy (non-hydrogen) atoms. The maximum atomic E-state index is 12.6. The Bertz CT molecular complexity index is 677. The lowest BCUT2D eigenvalue weighted by atomic mass is 10.3. The third kappa shape index (κ3) is 4.35. The summed E-state index contributed by atoms with van der Waals surface area (Å²) < 4.78 is 86.6. The monoisotopic (exact) mass is 356 g/mol.